The molecule has 0 saturated heterocycles. The molecular formula is C50H28N2S2. The average molecular weight is 721 g/mol. The first-order valence-corrected chi connectivity index (χ1v) is 20.1. The second-order valence-electron chi connectivity index (χ2n) is 14.5. The van der Waals surface area contributed by atoms with Gasteiger partial charge in [0, 0.05) is 73.3 Å². The second kappa shape index (κ2) is 10.6. The molecule has 250 valence electrons. The van der Waals surface area contributed by atoms with E-state index in [9.17, 15) is 0 Å². The maximum Gasteiger partial charge on any atom is 0.0547 e. The summed E-state index contributed by atoms with van der Waals surface area (Å²) in [4.78, 5) is 0. The van der Waals surface area contributed by atoms with Gasteiger partial charge >= 0.3 is 0 Å². The highest BCUT2D eigenvalue weighted by atomic mass is 32.1. The molecule has 0 atom stereocenters. The van der Waals surface area contributed by atoms with Crippen LogP contribution in [0.5, 0.6) is 0 Å². The predicted molar refractivity (Wildman–Crippen MR) is 236 cm³/mol. The molecule has 13 rings (SSSR count). The van der Waals surface area contributed by atoms with Crippen LogP contribution in [0.4, 0.5) is 0 Å². The summed E-state index contributed by atoms with van der Waals surface area (Å²) in [7, 11) is 0. The van der Waals surface area contributed by atoms with Crippen molar-refractivity contribution in [3.8, 4) is 11.4 Å². The molecule has 0 unspecified atom stereocenters. The van der Waals surface area contributed by atoms with Crippen molar-refractivity contribution in [1.82, 2.24) is 9.13 Å². The number of hydrogen-bond donors (Lipinski definition) is 0. The third-order valence-electron chi connectivity index (χ3n) is 11.7. The van der Waals surface area contributed by atoms with Crippen LogP contribution in [0, 0.1) is 0 Å². The van der Waals surface area contributed by atoms with E-state index in [1.807, 2.05) is 22.7 Å². The van der Waals surface area contributed by atoms with Gasteiger partial charge in [-0.15, -0.1) is 22.7 Å². The minimum Gasteiger partial charge on any atom is -0.309 e. The SMILES string of the molecule is c1ccc2c(c1)sc1ccc3cc4c(cc3c12)c1ccccc1n4-c1ccc(-n2c3ccccc3c3cc4c(ccc5sc6ccccc6c54)cc32)cc1. The number of rotatable bonds is 2. The predicted octanol–water partition coefficient (Wildman–Crippen LogP) is 14.9. The van der Waals surface area contributed by atoms with Crippen molar-refractivity contribution in [3.05, 3.63) is 170 Å². The zero-order chi connectivity index (χ0) is 35.1. The van der Waals surface area contributed by atoms with E-state index in [-0.39, 0.29) is 0 Å². The molecular weight excluding hydrogens is 693 g/mol. The number of fused-ring (bicyclic) bond motifs is 16. The van der Waals surface area contributed by atoms with Gasteiger partial charge < -0.3 is 9.13 Å². The Morgan fingerprint density at radius 2 is 0.685 bits per heavy atom. The highest BCUT2D eigenvalue weighted by molar-refractivity contribution is 7.26. The summed E-state index contributed by atoms with van der Waals surface area (Å²) in [5, 5.41) is 15.7. The molecule has 4 aromatic heterocycles. The van der Waals surface area contributed by atoms with Crippen molar-refractivity contribution in [2.24, 2.45) is 0 Å². The minimum atomic E-state index is 1.16. The molecule has 9 aromatic carbocycles. The van der Waals surface area contributed by atoms with Crippen molar-refractivity contribution in [2.75, 3.05) is 0 Å². The molecule has 0 fully saturated rings. The maximum atomic E-state index is 2.44. The summed E-state index contributed by atoms with van der Waals surface area (Å²) >= 11 is 3.77. The van der Waals surface area contributed by atoms with E-state index < -0.39 is 0 Å². The third-order valence-corrected chi connectivity index (χ3v) is 13.9. The standard InChI is InChI=1S/C50H28N2S2/c1-5-13-41-33(9-1)39-27-37-29(17-23-47-49(37)35-11-3-7-15-45(35)53-47)25-43(39)51(41)31-19-21-32(22-20-31)52-42-14-6-2-10-34(42)40-28-38-30(26-44(40)52)18-24-48-50(38)36-12-4-8-16-46(36)54-48/h1-28H. The lowest BCUT2D eigenvalue weighted by Gasteiger charge is -2.12. The zero-order valence-electron chi connectivity index (χ0n) is 28.9. The lowest BCUT2D eigenvalue weighted by molar-refractivity contribution is 1.15. The Balaban J connectivity index is 1.02. The quantitative estimate of drug-likeness (QED) is 0.168. The van der Waals surface area contributed by atoms with Crippen LogP contribution in [0.15, 0.2) is 170 Å². The van der Waals surface area contributed by atoms with Crippen LogP contribution < -0.4 is 0 Å². The molecule has 4 heteroatoms. The van der Waals surface area contributed by atoms with E-state index in [4.69, 9.17) is 0 Å². The molecule has 0 bridgehead atoms. The third kappa shape index (κ3) is 3.83. The fourth-order valence-corrected chi connectivity index (χ4v) is 11.6. The Kier molecular flexibility index (Phi) is 5.69. The molecule has 0 aliphatic carbocycles. The van der Waals surface area contributed by atoms with Crippen LogP contribution in [0.1, 0.15) is 0 Å². The summed E-state index contributed by atoms with van der Waals surface area (Å²) in [5.74, 6) is 0. The number of benzene rings is 9. The molecule has 0 aliphatic rings. The van der Waals surface area contributed by atoms with Gasteiger partial charge in [-0.1, -0.05) is 84.9 Å². The zero-order valence-corrected chi connectivity index (χ0v) is 30.5. The van der Waals surface area contributed by atoms with Crippen LogP contribution >= 0.6 is 22.7 Å². The Bertz CT molecular complexity index is 3480. The summed E-state index contributed by atoms with van der Waals surface area (Å²) < 4.78 is 10.3. The first-order valence-electron chi connectivity index (χ1n) is 18.4. The average Bonchev–Trinajstić information content (AvgIpc) is 3.97. The van der Waals surface area contributed by atoms with E-state index in [0.717, 1.165) is 11.4 Å². The van der Waals surface area contributed by atoms with Gasteiger partial charge in [-0.3, -0.25) is 0 Å². The summed E-state index contributed by atoms with van der Waals surface area (Å²) in [5.41, 5.74) is 7.21. The van der Waals surface area contributed by atoms with Gasteiger partial charge in [0.2, 0.25) is 0 Å². The molecule has 2 nitrogen and oxygen atoms in total. The topological polar surface area (TPSA) is 9.86 Å². The van der Waals surface area contributed by atoms with E-state index in [1.165, 1.54) is 106 Å². The molecule has 54 heavy (non-hydrogen) atoms. The monoisotopic (exact) mass is 720 g/mol. The van der Waals surface area contributed by atoms with E-state index in [1.54, 1.807) is 0 Å². The van der Waals surface area contributed by atoms with Gasteiger partial charge in [-0.2, -0.15) is 0 Å². The highest BCUT2D eigenvalue weighted by Crippen LogP contribution is 2.44. The summed E-state index contributed by atoms with van der Waals surface area (Å²) in [6.45, 7) is 0. The van der Waals surface area contributed by atoms with E-state index >= 15 is 0 Å². The van der Waals surface area contributed by atoms with Crippen LogP contribution in [0.25, 0.3) is 117 Å². The van der Waals surface area contributed by atoms with Gasteiger partial charge in [-0.05, 0) is 106 Å². The van der Waals surface area contributed by atoms with Crippen LogP contribution in [0.3, 0.4) is 0 Å². The minimum absolute atomic E-state index is 1.16. The Labute approximate surface area is 316 Å². The molecule has 0 spiro atoms. The van der Waals surface area contributed by atoms with Gasteiger partial charge in [0.25, 0.3) is 0 Å². The second-order valence-corrected chi connectivity index (χ2v) is 16.6. The van der Waals surface area contributed by atoms with Crippen molar-refractivity contribution in [2.45, 2.75) is 0 Å². The van der Waals surface area contributed by atoms with Crippen molar-refractivity contribution < 1.29 is 0 Å². The smallest absolute Gasteiger partial charge is 0.0547 e. The van der Waals surface area contributed by atoms with Gasteiger partial charge in [0.15, 0.2) is 0 Å². The Hall–Kier alpha value is -6.46. The van der Waals surface area contributed by atoms with Gasteiger partial charge in [-0.25, -0.2) is 0 Å². The molecule has 4 heterocycles. The lowest BCUT2D eigenvalue weighted by Crippen LogP contribution is -1.97. The molecule has 0 N–H and O–H groups in total. The summed E-state index contributed by atoms with van der Waals surface area (Å²) in [6, 6.07) is 63.4. The fourth-order valence-electron chi connectivity index (χ4n) is 9.33. The summed E-state index contributed by atoms with van der Waals surface area (Å²) in [6.07, 6.45) is 0. The molecule has 13 aromatic rings. The fraction of sp³-hybridized carbons (Fsp3) is 0. The number of hydrogen-bond acceptors (Lipinski definition) is 2. The maximum absolute atomic E-state index is 2.44. The lowest BCUT2D eigenvalue weighted by atomic mass is 10.0. The highest BCUT2D eigenvalue weighted by Gasteiger charge is 2.18. The normalized spacial score (nSPS) is 12.4. The van der Waals surface area contributed by atoms with Crippen molar-refractivity contribution >= 4 is 128 Å². The van der Waals surface area contributed by atoms with E-state index in [2.05, 4.69) is 179 Å². The number of para-hydroxylation sites is 2. The first-order chi connectivity index (χ1) is 26.8. The number of nitrogens with zero attached hydrogens (tertiary/aromatic N) is 2. The Morgan fingerprint density at radius 3 is 1.15 bits per heavy atom. The largest absolute Gasteiger partial charge is 0.309 e. The number of aromatic nitrogens is 2. The molecule has 0 radical (unpaired) electrons. The van der Waals surface area contributed by atoms with Crippen LogP contribution in [-0.4, -0.2) is 9.13 Å². The van der Waals surface area contributed by atoms with Crippen molar-refractivity contribution in [1.29, 1.82) is 0 Å². The first kappa shape index (κ1) is 29.0. The molecule has 0 aliphatic heterocycles. The molecule has 0 saturated carbocycles. The van der Waals surface area contributed by atoms with Crippen LogP contribution in [0.2, 0.25) is 0 Å². The van der Waals surface area contributed by atoms with E-state index in [0.29, 0.717) is 0 Å². The van der Waals surface area contributed by atoms with Crippen molar-refractivity contribution in [3.63, 3.8) is 0 Å². The van der Waals surface area contributed by atoms with Gasteiger partial charge in [0.1, 0.15) is 0 Å². The van der Waals surface area contributed by atoms with Crippen LogP contribution in [-0.2, 0) is 0 Å². The Morgan fingerprint density at radius 1 is 0.278 bits per heavy atom. The van der Waals surface area contributed by atoms with Gasteiger partial charge in [0.05, 0.1) is 22.1 Å². The molecule has 0 amide bonds. The number of thiophene rings is 2.